The Hall–Kier alpha value is -2.81. The number of quaternary nitrogens is 1. The lowest BCUT2D eigenvalue weighted by Crippen LogP contribution is -2.56. The SMILES string of the molecule is COc1ccc([N+](C=O)(CCC(C)C)CC2N=C3C=CC=CN3C2Cc2cc(Br)ccc2O)c(Cl)c1OC. The number of amidine groups is 1. The molecule has 0 saturated heterocycles. The highest BCUT2D eigenvalue weighted by atomic mass is 79.9. The van der Waals surface area contributed by atoms with Crippen molar-refractivity contribution in [3.05, 3.63) is 69.8 Å². The average molecular weight is 604 g/mol. The van der Waals surface area contributed by atoms with Crippen LogP contribution in [0.4, 0.5) is 5.69 Å². The number of ether oxygens (including phenoxy) is 2. The van der Waals surface area contributed by atoms with Crippen LogP contribution in [0.3, 0.4) is 0 Å². The van der Waals surface area contributed by atoms with E-state index in [4.69, 9.17) is 26.1 Å². The highest BCUT2D eigenvalue weighted by Gasteiger charge is 2.44. The smallest absolute Gasteiger partial charge is 0.306 e. The van der Waals surface area contributed by atoms with Gasteiger partial charge in [0.15, 0.2) is 17.2 Å². The number of benzene rings is 2. The number of aliphatic imine (C=N–C) groups is 1. The zero-order valence-electron chi connectivity index (χ0n) is 22.1. The van der Waals surface area contributed by atoms with Gasteiger partial charge in [-0.05, 0) is 60.7 Å². The van der Waals surface area contributed by atoms with Crippen LogP contribution >= 0.6 is 27.5 Å². The third kappa shape index (κ3) is 5.63. The number of halogens is 2. The van der Waals surface area contributed by atoms with Crippen molar-refractivity contribution in [2.75, 3.05) is 27.3 Å². The van der Waals surface area contributed by atoms with Crippen LogP contribution in [0.15, 0.2) is 64.2 Å². The molecule has 0 fully saturated rings. The van der Waals surface area contributed by atoms with E-state index in [0.29, 0.717) is 47.6 Å². The second kappa shape index (κ2) is 11.9. The van der Waals surface area contributed by atoms with Crippen LogP contribution in [0.25, 0.3) is 0 Å². The van der Waals surface area contributed by atoms with Crippen LogP contribution in [0.5, 0.6) is 17.2 Å². The lowest BCUT2D eigenvalue weighted by atomic mass is 9.96. The van der Waals surface area contributed by atoms with Gasteiger partial charge in [0.1, 0.15) is 29.2 Å². The molecule has 0 radical (unpaired) electrons. The molecule has 0 bridgehead atoms. The zero-order valence-corrected chi connectivity index (χ0v) is 24.4. The first-order valence-corrected chi connectivity index (χ1v) is 13.8. The molecule has 2 aliphatic rings. The number of allylic oxidation sites excluding steroid dienone is 2. The molecule has 9 heteroatoms. The lowest BCUT2D eigenvalue weighted by Gasteiger charge is -2.37. The predicted octanol–water partition coefficient (Wildman–Crippen LogP) is 6.11. The van der Waals surface area contributed by atoms with Crippen molar-refractivity contribution >= 4 is 45.5 Å². The second-order valence-electron chi connectivity index (χ2n) is 10.1. The number of nitrogens with zero attached hydrogens (tertiary/aromatic N) is 3. The van der Waals surface area contributed by atoms with E-state index < -0.39 is 0 Å². The number of rotatable bonds is 11. The number of aromatic hydroxyl groups is 1. The molecule has 2 aliphatic heterocycles. The summed E-state index contributed by atoms with van der Waals surface area (Å²) in [6.45, 7) is 5.23. The number of carbonyl (C=O) groups is 1. The summed E-state index contributed by atoms with van der Waals surface area (Å²) < 4.78 is 11.9. The maximum atomic E-state index is 13.1. The quantitative estimate of drug-likeness (QED) is 0.248. The summed E-state index contributed by atoms with van der Waals surface area (Å²) in [6, 6.07) is 8.71. The fraction of sp³-hybridized carbons (Fsp3) is 0.379. The van der Waals surface area contributed by atoms with Crippen molar-refractivity contribution in [2.45, 2.75) is 38.8 Å². The number of methoxy groups -OCH3 is 2. The van der Waals surface area contributed by atoms with E-state index in [1.807, 2.05) is 42.6 Å². The zero-order chi connectivity index (χ0) is 27.4. The Kier molecular flexibility index (Phi) is 8.85. The summed E-state index contributed by atoms with van der Waals surface area (Å²) in [5, 5.41) is 11.0. The van der Waals surface area contributed by atoms with Gasteiger partial charge in [0.05, 0.1) is 26.8 Å². The van der Waals surface area contributed by atoms with E-state index in [1.54, 1.807) is 19.2 Å². The molecule has 2 aromatic carbocycles. The molecule has 4 rings (SSSR count). The first-order valence-electron chi connectivity index (χ1n) is 12.7. The molecule has 0 spiro atoms. The molecule has 1 amide bonds. The Balaban J connectivity index is 1.79. The molecule has 1 N–H and O–H groups in total. The van der Waals surface area contributed by atoms with Gasteiger partial charge in [0.2, 0.25) is 0 Å². The van der Waals surface area contributed by atoms with Crippen molar-refractivity contribution in [1.82, 2.24) is 9.38 Å². The summed E-state index contributed by atoms with van der Waals surface area (Å²) in [4.78, 5) is 20.3. The maximum Gasteiger partial charge on any atom is 0.306 e. The van der Waals surface area contributed by atoms with Gasteiger partial charge in [-0.3, -0.25) is 4.99 Å². The molecule has 2 heterocycles. The molecule has 3 atom stereocenters. The molecular weight excluding hydrogens is 570 g/mol. The molecule has 7 nitrogen and oxygen atoms in total. The summed E-state index contributed by atoms with van der Waals surface area (Å²) in [5.41, 5.74) is 1.46. The number of hydrogen-bond donors (Lipinski definition) is 1. The third-order valence-electron chi connectivity index (χ3n) is 7.20. The Morgan fingerprint density at radius 2 is 2.00 bits per heavy atom. The molecule has 202 valence electrons. The van der Waals surface area contributed by atoms with E-state index in [1.165, 1.54) is 7.11 Å². The van der Waals surface area contributed by atoms with Gasteiger partial charge in [0, 0.05) is 16.7 Å². The summed E-state index contributed by atoms with van der Waals surface area (Å²) in [5.74, 6) is 2.36. The second-order valence-corrected chi connectivity index (χ2v) is 11.4. The van der Waals surface area contributed by atoms with E-state index in [0.717, 1.165) is 28.7 Å². The number of carbonyl (C=O) groups excluding carboxylic acids is 1. The van der Waals surface area contributed by atoms with E-state index >= 15 is 0 Å². The largest absolute Gasteiger partial charge is 0.508 e. The highest BCUT2D eigenvalue weighted by Crippen LogP contribution is 2.44. The van der Waals surface area contributed by atoms with Crippen molar-refractivity contribution in [3.63, 3.8) is 0 Å². The van der Waals surface area contributed by atoms with Gasteiger partial charge in [-0.25, -0.2) is 9.28 Å². The average Bonchev–Trinajstić information content (AvgIpc) is 3.24. The molecule has 0 aromatic heterocycles. The van der Waals surface area contributed by atoms with Crippen LogP contribution in [-0.4, -0.2) is 61.6 Å². The molecule has 0 aliphatic carbocycles. The highest BCUT2D eigenvalue weighted by molar-refractivity contribution is 9.10. The Morgan fingerprint density at radius 3 is 2.68 bits per heavy atom. The van der Waals surface area contributed by atoms with Crippen molar-refractivity contribution in [2.24, 2.45) is 10.9 Å². The number of fused-ring (bicyclic) bond motifs is 1. The van der Waals surface area contributed by atoms with Gasteiger partial charge in [-0.2, -0.15) is 0 Å². The third-order valence-corrected chi connectivity index (χ3v) is 8.06. The summed E-state index contributed by atoms with van der Waals surface area (Å²) in [6.07, 6.45) is 10.2. The Labute approximate surface area is 237 Å². The molecule has 2 aromatic rings. The minimum absolute atomic E-state index is 0.0128. The molecule has 3 unspecified atom stereocenters. The first kappa shape index (κ1) is 28.2. The Bertz CT molecular complexity index is 1280. The van der Waals surface area contributed by atoms with Gasteiger partial charge in [-0.15, -0.1) is 0 Å². The standard InChI is InChI=1S/C29H33BrClN3O4/c1-19(2)12-14-34(18-35,24-9-11-26(37-3)29(38-4)28(24)31)17-22-23(33-13-6-5-7-27(33)32-22)16-20-15-21(30)8-10-25(20)36/h5-11,13,15,18-19,22-23H,12,14,16-17H2,1-4H3/p+1. The minimum atomic E-state index is -0.252. The topological polar surface area (TPSA) is 71.4 Å². The number of amides is 1. The summed E-state index contributed by atoms with van der Waals surface area (Å²) in [7, 11) is 3.10. The van der Waals surface area contributed by atoms with Gasteiger partial charge >= 0.3 is 6.41 Å². The molecular formula is C29H34BrClN3O4+. The molecule has 0 saturated carbocycles. The molecule has 38 heavy (non-hydrogen) atoms. The van der Waals surface area contributed by atoms with Crippen LogP contribution in [0.2, 0.25) is 5.02 Å². The normalized spacial score (nSPS) is 19.8. The predicted molar refractivity (Wildman–Crippen MR) is 156 cm³/mol. The van der Waals surface area contributed by atoms with Crippen LogP contribution in [0.1, 0.15) is 25.8 Å². The van der Waals surface area contributed by atoms with E-state index in [-0.39, 0.29) is 22.3 Å². The van der Waals surface area contributed by atoms with Crippen molar-refractivity contribution < 1.29 is 19.4 Å². The van der Waals surface area contributed by atoms with E-state index in [9.17, 15) is 9.90 Å². The van der Waals surface area contributed by atoms with Crippen LogP contribution in [0, 0.1) is 5.92 Å². The fourth-order valence-electron chi connectivity index (χ4n) is 5.13. The fourth-order valence-corrected chi connectivity index (χ4v) is 5.94. The van der Waals surface area contributed by atoms with E-state index in [2.05, 4.69) is 34.7 Å². The summed E-state index contributed by atoms with van der Waals surface area (Å²) >= 11 is 10.4. The van der Waals surface area contributed by atoms with Crippen molar-refractivity contribution in [1.29, 1.82) is 0 Å². The van der Waals surface area contributed by atoms with Crippen LogP contribution < -0.4 is 14.0 Å². The number of phenolic OH excluding ortho intramolecular Hbond substituents is 1. The van der Waals surface area contributed by atoms with Crippen molar-refractivity contribution in [3.8, 4) is 17.2 Å². The number of hydrogen-bond acceptors (Lipinski definition) is 6. The van der Waals surface area contributed by atoms with Gasteiger partial charge < -0.3 is 19.5 Å². The van der Waals surface area contributed by atoms with Crippen LogP contribution in [-0.2, 0) is 11.2 Å². The van der Waals surface area contributed by atoms with Gasteiger partial charge in [-0.1, -0.05) is 47.5 Å². The van der Waals surface area contributed by atoms with Gasteiger partial charge in [0.25, 0.3) is 0 Å². The monoisotopic (exact) mass is 602 g/mol. The first-order chi connectivity index (χ1) is 18.2. The lowest BCUT2D eigenvalue weighted by molar-refractivity contribution is -0.118. The Morgan fingerprint density at radius 1 is 1.21 bits per heavy atom. The minimum Gasteiger partial charge on any atom is -0.508 e. The number of phenols is 1. The maximum absolute atomic E-state index is 13.1.